The molecule has 0 aromatic carbocycles. The van der Waals surface area contributed by atoms with Crippen molar-refractivity contribution in [3.05, 3.63) is 12.3 Å². The van der Waals surface area contributed by atoms with Crippen LogP contribution in [0.5, 0.6) is 0 Å². The molecule has 68 valence electrons. The minimum absolute atomic E-state index is 0.483. The van der Waals surface area contributed by atoms with Gasteiger partial charge in [-0.15, -0.1) is 0 Å². The summed E-state index contributed by atoms with van der Waals surface area (Å²) in [6.07, 6.45) is 5.96. The van der Waals surface area contributed by atoms with Gasteiger partial charge in [-0.25, -0.2) is 0 Å². The zero-order valence-electron chi connectivity index (χ0n) is 8.16. The van der Waals surface area contributed by atoms with Crippen LogP contribution in [0.4, 0.5) is 0 Å². The zero-order valence-corrected chi connectivity index (χ0v) is 8.16. The van der Waals surface area contributed by atoms with E-state index < -0.39 is 0 Å². The largest absolute Gasteiger partial charge is 0.497 e. The third-order valence-electron chi connectivity index (χ3n) is 3.72. The summed E-state index contributed by atoms with van der Waals surface area (Å²) in [5.74, 6) is 3.07. The summed E-state index contributed by atoms with van der Waals surface area (Å²) in [6, 6.07) is 0. The van der Waals surface area contributed by atoms with Gasteiger partial charge in [0.15, 0.2) is 0 Å². The van der Waals surface area contributed by atoms with E-state index in [4.69, 9.17) is 4.74 Å². The van der Waals surface area contributed by atoms with Crippen LogP contribution in [0.1, 0.15) is 27.2 Å². The van der Waals surface area contributed by atoms with E-state index in [0.29, 0.717) is 12.0 Å². The topological polar surface area (TPSA) is 9.23 Å². The normalized spacial score (nSPS) is 51.8. The van der Waals surface area contributed by atoms with Gasteiger partial charge in [0, 0.05) is 5.92 Å². The molecule has 0 radical (unpaired) electrons. The van der Waals surface area contributed by atoms with Crippen LogP contribution >= 0.6 is 0 Å². The fourth-order valence-corrected chi connectivity index (χ4v) is 2.73. The molecular weight excluding hydrogens is 148 g/mol. The lowest BCUT2D eigenvalue weighted by Crippen LogP contribution is -2.38. The van der Waals surface area contributed by atoms with E-state index in [1.54, 1.807) is 0 Å². The van der Waals surface area contributed by atoms with Gasteiger partial charge < -0.3 is 4.74 Å². The van der Waals surface area contributed by atoms with E-state index in [-0.39, 0.29) is 0 Å². The molecule has 1 nitrogen and oxygen atoms in total. The van der Waals surface area contributed by atoms with Crippen molar-refractivity contribution in [1.29, 1.82) is 0 Å². The molecule has 1 fully saturated rings. The molecule has 1 heterocycles. The molecule has 1 aliphatic heterocycles. The fraction of sp³-hybridized carbons (Fsp3) is 0.818. The van der Waals surface area contributed by atoms with Gasteiger partial charge in [-0.3, -0.25) is 0 Å². The predicted molar refractivity (Wildman–Crippen MR) is 49.6 cm³/mol. The fourth-order valence-electron chi connectivity index (χ4n) is 2.73. The van der Waals surface area contributed by atoms with Crippen molar-refractivity contribution in [3.8, 4) is 0 Å². The Bertz CT molecular complexity index is 197. The summed E-state index contributed by atoms with van der Waals surface area (Å²) >= 11 is 0. The zero-order chi connectivity index (χ0) is 8.72. The molecular formula is C11H18O. The highest BCUT2D eigenvalue weighted by Crippen LogP contribution is 2.42. The Kier molecular flexibility index (Phi) is 1.90. The van der Waals surface area contributed by atoms with Gasteiger partial charge in [-0.1, -0.05) is 20.8 Å². The molecule has 1 heteroatoms. The summed E-state index contributed by atoms with van der Waals surface area (Å²) < 4.78 is 5.61. The molecule has 0 saturated heterocycles. The van der Waals surface area contributed by atoms with Crippen LogP contribution in [0.3, 0.4) is 0 Å². The molecule has 12 heavy (non-hydrogen) atoms. The van der Waals surface area contributed by atoms with Gasteiger partial charge in [0.05, 0.1) is 6.26 Å². The third kappa shape index (κ3) is 1.07. The van der Waals surface area contributed by atoms with Gasteiger partial charge >= 0.3 is 0 Å². The Morgan fingerprint density at radius 1 is 1.17 bits per heavy atom. The van der Waals surface area contributed by atoms with Crippen LogP contribution in [0, 0.1) is 23.7 Å². The van der Waals surface area contributed by atoms with Crippen LogP contribution in [0.15, 0.2) is 12.3 Å². The standard InChI is InChI=1S/C11H18O/c1-7-6-8(2)11-10(9(7)3)4-5-12-11/h4-5,7-11H,6H2,1-3H3. The summed E-state index contributed by atoms with van der Waals surface area (Å²) in [4.78, 5) is 0. The molecule has 2 rings (SSSR count). The van der Waals surface area contributed by atoms with E-state index in [9.17, 15) is 0 Å². The summed E-state index contributed by atoms with van der Waals surface area (Å²) in [5.41, 5.74) is 0. The average molecular weight is 166 g/mol. The van der Waals surface area contributed by atoms with E-state index >= 15 is 0 Å². The number of hydrogen-bond donors (Lipinski definition) is 0. The average Bonchev–Trinajstić information content (AvgIpc) is 2.48. The van der Waals surface area contributed by atoms with Crippen molar-refractivity contribution < 1.29 is 4.74 Å². The third-order valence-corrected chi connectivity index (χ3v) is 3.72. The van der Waals surface area contributed by atoms with E-state index in [2.05, 4.69) is 26.8 Å². The minimum Gasteiger partial charge on any atom is -0.497 e. The van der Waals surface area contributed by atoms with Crippen LogP contribution < -0.4 is 0 Å². The Balaban J connectivity index is 2.16. The maximum absolute atomic E-state index is 5.61. The van der Waals surface area contributed by atoms with Gasteiger partial charge in [-0.2, -0.15) is 0 Å². The van der Waals surface area contributed by atoms with Crippen LogP contribution in [-0.4, -0.2) is 6.10 Å². The highest BCUT2D eigenvalue weighted by Gasteiger charge is 2.40. The highest BCUT2D eigenvalue weighted by atomic mass is 16.5. The molecule has 0 N–H and O–H groups in total. The SMILES string of the molecule is CC1CC(C)C2OC=CC2C1C. The van der Waals surface area contributed by atoms with Crippen molar-refractivity contribution in [3.63, 3.8) is 0 Å². The Hall–Kier alpha value is -0.460. The Morgan fingerprint density at radius 3 is 2.67 bits per heavy atom. The maximum Gasteiger partial charge on any atom is 0.107 e. The van der Waals surface area contributed by atoms with Gasteiger partial charge in [-0.05, 0) is 30.3 Å². The molecule has 0 aromatic rings. The second kappa shape index (κ2) is 2.79. The van der Waals surface area contributed by atoms with Crippen molar-refractivity contribution >= 4 is 0 Å². The second-order valence-corrected chi connectivity index (χ2v) is 4.56. The monoisotopic (exact) mass is 166 g/mol. The lowest BCUT2D eigenvalue weighted by atomic mass is 9.68. The van der Waals surface area contributed by atoms with Crippen molar-refractivity contribution in [2.24, 2.45) is 23.7 Å². The van der Waals surface area contributed by atoms with E-state index in [0.717, 1.165) is 17.8 Å². The van der Waals surface area contributed by atoms with Gasteiger partial charge in [0.1, 0.15) is 6.10 Å². The van der Waals surface area contributed by atoms with Crippen molar-refractivity contribution in [1.82, 2.24) is 0 Å². The molecule has 0 bridgehead atoms. The molecule has 5 unspecified atom stereocenters. The predicted octanol–water partition coefficient (Wildman–Crippen LogP) is 2.83. The van der Waals surface area contributed by atoms with Gasteiger partial charge in [0.25, 0.3) is 0 Å². The van der Waals surface area contributed by atoms with Crippen LogP contribution in [0.25, 0.3) is 0 Å². The molecule has 0 amide bonds. The van der Waals surface area contributed by atoms with E-state index in [1.807, 2.05) is 6.26 Å². The first-order valence-electron chi connectivity index (χ1n) is 5.02. The van der Waals surface area contributed by atoms with Crippen LogP contribution in [-0.2, 0) is 4.74 Å². The molecule has 0 spiro atoms. The van der Waals surface area contributed by atoms with Gasteiger partial charge in [0.2, 0.25) is 0 Å². The number of ether oxygens (including phenoxy) is 1. The first kappa shape index (κ1) is 8.15. The summed E-state index contributed by atoms with van der Waals surface area (Å²) in [6.45, 7) is 7.03. The highest BCUT2D eigenvalue weighted by molar-refractivity contribution is 5.03. The number of rotatable bonds is 0. The Morgan fingerprint density at radius 2 is 1.92 bits per heavy atom. The first-order valence-corrected chi connectivity index (χ1v) is 5.02. The number of hydrogen-bond acceptors (Lipinski definition) is 1. The Labute approximate surface area is 74.8 Å². The molecule has 1 aliphatic carbocycles. The minimum atomic E-state index is 0.483. The maximum atomic E-state index is 5.61. The first-order chi connectivity index (χ1) is 5.70. The lowest BCUT2D eigenvalue weighted by Gasteiger charge is -2.39. The molecule has 2 aliphatic rings. The molecule has 0 aromatic heterocycles. The molecule has 5 atom stereocenters. The summed E-state index contributed by atoms with van der Waals surface area (Å²) in [5, 5.41) is 0. The van der Waals surface area contributed by atoms with Crippen molar-refractivity contribution in [2.75, 3.05) is 0 Å². The molecule has 1 saturated carbocycles. The quantitative estimate of drug-likeness (QED) is 0.537. The smallest absolute Gasteiger partial charge is 0.107 e. The lowest BCUT2D eigenvalue weighted by molar-refractivity contribution is 0.00639. The number of fused-ring (bicyclic) bond motifs is 1. The second-order valence-electron chi connectivity index (χ2n) is 4.56. The van der Waals surface area contributed by atoms with Crippen molar-refractivity contribution in [2.45, 2.75) is 33.3 Å². The summed E-state index contributed by atoms with van der Waals surface area (Å²) in [7, 11) is 0. The van der Waals surface area contributed by atoms with E-state index in [1.165, 1.54) is 6.42 Å². The van der Waals surface area contributed by atoms with Crippen LogP contribution in [0.2, 0.25) is 0 Å².